The van der Waals surface area contributed by atoms with Crippen molar-refractivity contribution in [3.63, 3.8) is 0 Å². The topological polar surface area (TPSA) is 133 Å². The highest BCUT2D eigenvalue weighted by atomic mass is 16.5. The van der Waals surface area contributed by atoms with E-state index in [0.717, 1.165) is 25.7 Å². The first-order chi connectivity index (χ1) is 14.3. The Morgan fingerprint density at radius 2 is 1.83 bits per heavy atom. The van der Waals surface area contributed by atoms with Crippen molar-refractivity contribution in [3.8, 4) is 0 Å². The first-order valence-electron chi connectivity index (χ1n) is 10.5. The zero-order valence-electron chi connectivity index (χ0n) is 17.0. The number of rotatable bonds is 5. The molecule has 4 atom stereocenters. The molecule has 2 aliphatic heterocycles. The lowest BCUT2D eigenvalue weighted by atomic mass is 9.80. The van der Waals surface area contributed by atoms with Crippen LogP contribution in [0.2, 0.25) is 0 Å². The summed E-state index contributed by atoms with van der Waals surface area (Å²) in [6.07, 6.45) is 3.34. The molecule has 4 N–H and O–H groups in total. The van der Waals surface area contributed by atoms with Gasteiger partial charge in [0.2, 0.25) is 17.7 Å². The second-order valence-electron chi connectivity index (χ2n) is 8.71. The van der Waals surface area contributed by atoms with Crippen LogP contribution < -0.4 is 11.5 Å². The van der Waals surface area contributed by atoms with Crippen molar-refractivity contribution in [2.24, 2.45) is 23.3 Å². The lowest BCUT2D eigenvalue weighted by molar-refractivity contribution is -0.138. The van der Waals surface area contributed by atoms with Crippen molar-refractivity contribution >= 4 is 23.5 Å². The van der Waals surface area contributed by atoms with Gasteiger partial charge in [0.05, 0.1) is 12.0 Å². The van der Waals surface area contributed by atoms with E-state index in [-0.39, 0.29) is 47.4 Å². The van der Waals surface area contributed by atoms with Crippen LogP contribution in [0, 0.1) is 11.8 Å². The van der Waals surface area contributed by atoms with E-state index in [1.807, 2.05) is 6.92 Å². The van der Waals surface area contributed by atoms with Gasteiger partial charge in [0.25, 0.3) is 0 Å². The number of ketones is 1. The number of primary amides is 2. The van der Waals surface area contributed by atoms with Crippen LogP contribution in [-0.2, 0) is 14.3 Å². The summed E-state index contributed by atoms with van der Waals surface area (Å²) < 4.78 is 5.63. The largest absolute Gasteiger partial charge is 0.367 e. The molecule has 2 saturated heterocycles. The maximum atomic E-state index is 13.9. The van der Waals surface area contributed by atoms with E-state index in [1.54, 1.807) is 4.90 Å². The van der Waals surface area contributed by atoms with Gasteiger partial charge in [-0.05, 0) is 42.5 Å². The molecular weight excluding hydrogens is 386 g/mol. The molecule has 1 saturated carbocycles. The summed E-state index contributed by atoms with van der Waals surface area (Å²) in [6.45, 7) is 2.41. The third-order valence-corrected chi connectivity index (χ3v) is 6.80. The molecule has 3 amide bonds. The number of carbonyl (C=O) groups excluding carboxylic acids is 4. The third kappa shape index (κ3) is 3.39. The van der Waals surface area contributed by atoms with Gasteiger partial charge in [-0.15, -0.1) is 0 Å². The van der Waals surface area contributed by atoms with Crippen LogP contribution in [0.3, 0.4) is 0 Å². The van der Waals surface area contributed by atoms with Crippen LogP contribution in [0.25, 0.3) is 0 Å². The Bertz CT molecular complexity index is 908. The minimum Gasteiger partial charge on any atom is -0.367 e. The molecule has 1 aliphatic carbocycles. The maximum Gasteiger partial charge on any atom is 0.249 e. The van der Waals surface area contributed by atoms with E-state index in [0.29, 0.717) is 12.1 Å². The fourth-order valence-electron chi connectivity index (χ4n) is 5.38. The number of nitrogens with two attached hydrogens (primary N) is 2. The predicted octanol–water partition coefficient (Wildman–Crippen LogP) is 0.973. The highest BCUT2D eigenvalue weighted by Crippen LogP contribution is 2.42. The van der Waals surface area contributed by atoms with Crippen LogP contribution in [0.15, 0.2) is 18.2 Å². The molecule has 3 aliphatic rings. The minimum atomic E-state index is -0.662. The van der Waals surface area contributed by atoms with Gasteiger partial charge in [0.15, 0.2) is 5.78 Å². The Morgan fingerprint density at radius 3 is 2.47 bits per heavy atom. The Hall–Kier alpha value is -2.74. The molecule has 8 heteroatoms. The summed E-state index contributed by atoms with van der Waals surface area (Å²) >= 11 is 0. The van der Waals surface area contributed by atoms with Crippen LogP contribution in [0.4, 0.5) is 0 Å². The molecule has 4 rings (SSSR count). The number of nitrogens with zero attached hydrogens (tertiary/aromatic N) is 1. The highest BCUT2D eigenvalue weighted by Gasteiger charge is 2.52. The summed E-state index contributed by atoms with van der Waals surface area (Å²) in [5.74, 6) is -2.21. The van der Waals surface area contributed by atoms with E-state index in [1.165, 1.54) is 18.2 Å². The number of ether oxygens (including phenoxy) is 1. The second-order valence-corrected chi connectivity index (χ2v) is 8.71. The Labute approximate surface area is 174 Å². The van der Waals surface area contributed by atoms with Gasteiger partial charge in [-0.2, -0.15) is 0 Å². The molecule has 8 nitrogen and oxygen atoms in total. The van der Waals surface area contributed by atoms with E-state index >= 15 is 0 Å². The number of carbonyl (C=O) groups is 4. The van der Waals surface area contributed by atoms with Gasteiger partial charge < -0.3 is 21.1 Å². The first-order valence-corrected chi connectivity index (χ1v) is 10.5. The third-order valence-electron chi connectivity index (χ3n) is 6.80. The van der Waals surface area contributed by atoms with E-state index in [2.05, 4.69) is 0 Å². The molecule has 160 valence electrons. The number of Topliss-reactive ketones (excluding diaryl/α,β-unsaturated/α-hetero) is 1. The van der Waals surface area contributed by atoms with E-state index < -0.39 is 23.8 Å². The summed E-state index contributed by atoms with van der Waals surface area (Å²) in [6, 6.07) is 3.84. The Balaban J connectivity index is 1.79. The van der Waals surface area contributed by atoms with Crippen molar-refractivity contribution < 1.29 is 23.9 Å². The molecule has 2 heterocycles. The Kier molecular flexibility index (Phi) is 5.36. The summed E-state index contributed by atoms with van der Waals surface area (Å²) in [4.78, 5) is 51.9. The number of benzene rings is 1. The van der Waals surface area contributed by atoms with Crippen LogP contribution in [0.5, 0.6) is 0 Å². The molecule has 1 aromatic carbocycles. The van der Waals surface area contributed by atoms with Crippen molar-refractivity contribution in [3.05, 3.63) is 34.9 Å². The van der Waals surface area contributed by atoms with E-state index in [4.69, 9.17) is 16.2 Å². The lowest BCUT2D eigenvalue weighted by Crippen LogP contribution is -2.45. The van der Waals surface area contributed by atoms with Crippen molar-refractivity contribution in [2.45, 2.75) is 50.7 Å². The highest BCUT2D eigenvalue weighted by molar-refractivity contribution is 6.01. The number of fused-ring (bicyclic) bond motifs is 1. The molecule has 30 heavy (non-hydrogen) atoms. The van der Waals surface area contributed by atoms with Crippen LogP contribution >= 0.6 is 0 Å². The van der Waals surface area contributed by atoms with Crippen molar-refractivity contribution in [1.82, 2.24) is 4.90 Å². The lowest BCUT2D eigenvalue weighted by Gasteiger charge is -2.31. The van der Waals surface area contributed by atoms with Gasteiger partial charge in [-0.3, -0.25) is 19.2 Å². The molecule has 3 fully saturated rings. The summed E-state index contributed by atoms with van der Waals surface area (Å²) in [5.41, 5.74) is 11.9. The molecule has 0 bridgehead atoms. The van der Waals surface area contributed by atoms with Gasteiger partial charge >= 0.3 is 0 Å². The number of likely N-dealkylation sites (tertiary alicyclic amines) is 1. The van der Waals surface area contributed by atoms with Crippen LogP contribution in [-0.4, -0.2) is 53.7 Å². The molecule has 0 spiro atoms. The van der Waals surface area contributed by atoms with Gasteiger partial charge in [0, 0.05) is 23.6 Å². The minimum absolute atomic E-state index is 0.00510. The predicted molar refractivity (Wildman–Crippen MR) is 108 cm³/mol. The molecule has 0 aromatic heterocycles. The average Bonchev–Trinajstić information content (AvgIpc) is 3.42. The monoisotopic (exact) mass is 413 g/mol. The fraction of sp³-hybridized carbons (Fsp3) is 0.545. The smallest absolute Gasteiger partial charge is 0.249 e. The number of hydrogen-bond donors (Lipinski definition) is 2. The summed E-state index contributed by atoms with van der Waals surface area (Å²) in [7, 11) is 0. The number of hydrogen-bond acceptors (Lipinski definition) is 5. The number of amides is 3. The van der Waals surface area contributed by atoms with Gasteiger partial charge in [-0.25, -0.2) is 0 Å². The zero-order valence-corrected chi connectivity index (χ0v) is 17.0. The standard InChI is InChI=1S/C22H27N3O5/c1-11-9-25(18-16(26)10-30-19(11)18)22(29)17(12-4-2-3-5-12)15-8-13(20(23)27)6-7-14(15)21(24)28/h6-8,11-12,17-19H,2-5,9-10H2,1H3,(H2,23,27)(H2,24,28)/t11-,17-,18+,19+/m0/s1. The van der Waals surface area contributed by atoms with Crippen molar-refractivity contribution in [1.29, 1.82) is 0 Å². The fourth-order valence-corrected chi connectivity index (χ4v) is 5.38. The molecule has 1 aromatic rings. The normalized spacial score (nSPS) is 27.3. The zero-order chi connectivity index (χ0) is 21.6. The van der Waals surface area contributed by atoms with Crippen LogP contribution in [0.1, 0.15) is 64.8 Å². The molecule has 0 radical (unpaired) electrons. The SMILES string of the molecule is C[C@H]1CN(C(=O)[C@H](c2cc(C(N)=O)ccc2C(N)=O)C2CCCC2)[C@@H]2C(=O)CO[C@@H]21. The summed E-state index contributed by atoms with van der Waals surface area (Å²) in [5, 5.41) is 0. The van der Waals surface area contributed by atoms with Crippen molar-refractivity contribution in [2.75, 3.05) is 13.2 Å². The van der Waals surface area contributed by atoms with Gasteiger partial charge in [-0.1, -0.05) is 19.8 Å². The molecule has 0 unspecified atom stereocenters. The average molecular weight is 413 g/mol. The van der Waals surface area contributed by atoms with Gasteiger partial charge in [0.1, 0.15) is 12.6 Å². The first kappa shape index (κ1) is 20.5. The Morgan fingerprint density at radius 1 is 1.13 bits per heavy atom. The maximum absolute atomic E-state index is 13.9. The van der Waals surface area contributed by atoms with E-state index in [9.17, 15) is 19.2 Å². The molecular formula is C22H27N3O5. The quantitative estimate of drug-likeness (QED) is 0.742. The second kappa shape index (κ2) is 7.83.